The highest BCUT2D eigenvalue weighted by molar-refractivity contribution is 9.10. The first-order valence-electron chi connectivity index (χ1n) is 10.3. The summed E-state index contributed by atoms with van der Waals surface area (Å²) in [5.74, 6) is 1.22. The third-order valence-electron chi connectivity index (χ3n) is 5.64. The van der Waals surface area contributed by atoms with Gasteiger partial charge in [0.05, 0.1) is 25.2 Å². The molecule has 2 heterocycles. The van der Waals surface area contributed by atoms with E-state index in [0.29, 0.717) is 31.7 Å². The number of ether oxygens (including phenoxy) is 2. The SMILES string of the molecule is COc1cccc(Cc2csc(N3CCC(S(=O)(=O)c4cc(Br)ccc4OC)CC3)n2)c1. The Morgan fingerprint density at radius 1 is 1.12 bits per heavy atom. The quantitative estimate of drug-likeness (QED) is 0.425. The van der Waals surface area contributed by atoms with Crippen LogP contribution in [0.1, 0.15) is 24.1 Å². The molecule has 170 valence electrons. The van der Waals surface area contributed by atoms with Gasteiger partial charge in [-0.2, -0.15) is 0 Å². The van der Waals surface area contributed by atoms with Crippen molar-refractivity contribution in [3.63, 3.8) is 0 Å². The molecule has 1 aliphatic heterocycles. The van der Waals surface area contributed by atoms with Crippen molar-refractivity contribution in [3.05, 3.63) is 63.6 Å². The summed E-state index contributed by atoms with van der Waals surface area (Å²) in [6.07, 6.45) is 1.85. The van der Waals surface area contributed by atoms with Gasteiger partial charge in [-0.3, -0.25) is 0 Å². The molecule has 1 aromatic heterocycles. The predicted molar refractivity (Wildman–Crippen MR) is 131 cm³/mol. The Kier molecular flexibility index (Phi) is 7.07. The first kappa shape index (κ1) is 23.1. The van der Waals surface area contributed by atoms with Crippen LogP contribution in [0.15, 0.2) is 57.2 Å². The summed E-state index contributed by atoms with van der Waals surface area (Å²) >= 11 is 4.98. The van der Waals surface area contributed by atoms with E-state index < -0.39 is 15.1 Å². The Labute approximate surface area is 201 Å². The maximum absolute atomic E-state index is 13.3. The van der Waals surface area contributed by atoms with Crippen LogP contribution < -0.4 is 14.4 Å². The third kappa shape index (κ3) is 4.94. The number of nitrogens with zero attached hydrogens (tertiary/aromatic N) is 2. The molecule has 0 saturated carbocycles. The van der Waals surface area contributed by atoms with Gasteiger partial charge in [0.15, 0.2) is 15.0 Å². The van der Waals surface area contributed by atoms with Crippen molar-refractivity contribution in [2.24, 2.45) is 0 Å². The molecule has 1 fully saturated rings. The molecule has 0 unspecified atom stereocenters. The largest absolute Gasteiger partial charge is 0.497 e. The number of rotatable bonds is 7. The second kappa shape index (κ2) is 9.80. The zero-order chi connectivity index (χ0) is 22.7. The molecule has 0 spiro atoms. The van der Waals surface area contributed by atoms with E-state index in [0.717, 1.165) is 33.0 Å². The Morgan fingerprint density at radius 3 is 2.62 bits per heavy atom. The molecule has 0 radical (unpaired) electrons. The number of benzene rings is 2. The van der Waals surface area contributed by atoms with E-state index in [9.17, 15) is 8.42 Å². The molecule has 1 aliphatic rings. The summed E-state index contributed by atoms with van der Waals surface area (Å²) in [4.78, 5) is 7.23. The zero-order valence-electron chi connectivity index (χ0n) is 18.0. The molecular formula is C23H25BrN2O4S2. The molecule has 3 aromatic rings. The number of halogens is 1. The van der Waals surface area contributed by atoms with E-state index >= 15 is 0 Å². The lowest BCUT2D eigenvalue weighted by Gasteiger charge is -2.31. The third-order valence-corrected chi connectivity index (χ3v) is 9.37. The highest BCUT2D eigenvalue weighted by Gasteiger charge is 2.34. The summed E-state index contributed by atoms with van der Waals surface area (Å²) in [6.45, 7) is 1.32. The average Bonchev–Trinajstić information content (AvgIpc) is 3.27. The fourth-order valence-corrected chi connectivity index (χ4v) is 7.23. The van der Waals surface area contributed by atoms with Gasteiger partial charge in [0.1, 0.15) is 16.4 Å². The van der Waals surface area contributed by atoms with Crippen LogP contribution in [0.2, 0.25) is 0 Å². The minimum absolute atomic E-state index is 0.252. The fourth-order valence-electron chi connectivity index (χ4n) is 3.92. The monoisotopic (exact) mass is 536 g/mol. The van der Waals surface area contributed by atoms with Gasteiger partial charge in [-0.1, -0.05) is 28.1 Å². The Morgan fingerprint density at radius 2 is 1.91 bits per heavy atom. The van der Waals surface area contributed by atoms with E-state index in [-0.39, 0.29) is 4.90 Å². The van der Waals surface area contributed by atoms with Crippen molar-refractivity contribution < 1.29 is 17.9 Å². The van der Waals surface area contributed by atoms with Gasteiger partial charge in [0.25, 0.3) is 0 Å². The number of piperidine rings is 1. The standard InChI is InChI=1S/C23H25BrN2O4S2/c1-29-19-5-3-4-16(13-19)12-18-15-31-23(25-18)26-10-8-20(9-11-26)32(27,28)22-14-17(24)6-7-21(22)30-2/h3-7,13-15,20H,8-12H2,1-2H3. The van der Waals surface area contributed by atoms with Crippen molar-refractivity contribution in [2.75, 3.05) is 32.2 Å². The van der Waals surface area contributed by atoms with E-state index in [1.165, 1.54) is 7.11 Å². The number of hydrogen-bond acceptors (Lipinski definition) is 7. The maximum Gasteiger partial charge on any atom is 0.185 e. The minimum Gasteiger partial charge on any atom is -0.497 e. The molecule has 0 bridgehead atoms. The topological polar surface area (TPSA) is 68.7 Å². The molecular weight excluding hydrogens is 512 g/mol. The van der Waals surface area contributed by atoms with Crippen LogP contribution in [-0.2, 0) is 16.3 Å². The molecule has 0 amide bonds. The van der Waals surface area contributed by atoms with Gasteiger partial charge in [0, 0.05) is 29.4 Å². The summed E-state index contributed by atoms with van der Waals surface area (Å²) in [5.41, 5.74) is 2.15. The Hall–Kier alpha value is -2.10. The molecule has 6 nitrogen and oxygen atoms in total. The number of thiazole rings is 1. The first-order chi connectivity index (χ1) is 15.4. The second-order valence-corrected chi connectivity index (χ2v) is 11.6. The number of sulfone groups is 1. The van der Waals surface area contributed by atoms with Gasteiger partial charge < -0.3 is 14.4 Å². The fraction of sp³-hybridized carbons (Fsp3) is 0.348. The van der Waals surface area contributed by atoms with Crippen LogP contribution >= 0.6 is 27.3 Å². The summed E-state index contributed by atoms with van der Waals surface area (Å²) < 4.78 is 37.9. The van der Waals surface area contributed by atoms with Crippen molar-refractivity contribution in [1.29, 1.82) is 0 Å². The van der Waals surface area contributed by atoms with Crippen molar-refractivity contribution in [2.45, 2.75) is 29.4 Å². The summed E-state index contributed by atoms with van der Waals surface area (Å²) in [5, 5.41) is 2.58. The predicted octanol–water partition coefficient (Wildman–Crippen LogP) is 4.96. The van der Waals surface area contributed by atoms with Crippen molar-refractivity contribution in [3.8, 4) is 11.5 Å². The minimum atomic E-state index is -3.49. The van der Waals surface area contributed by atoms with E-state index in [1.807, 2.05) is 18.2 Å². The lowest BCUT2D eigenvalue weighted by Crippen LogP contribution is -2.39. The first-order valence-corrected chi connectivity index (χ1v) is 13.5. The highest BCUT2D eigenvalue weighted by atomic mass is 79.9. The van der Waals surface area contributed by atoms with Crippen LogP contribution in [0, 0.1) is 0 Å². The molecule has 9 heteroatoms. The second-order valence-electron chi connectivity index (χ2n) is 7.68. The molecule has 1 saturated heterocycles. The van der Waals surface area contributed by atoms with Crippen LogP contribution in [-0.4, -0.2) is 46.0 Å². The lowest BCUT2D eigenvalue weighted by atomic mass is 10.1. The van der Waals surface area contributed by atoms with Gasteiger partial charge >= 0.3 is 0 Å². The smallest absolute Gasteiger partial charge is 0.185 e. The highest BCUT2D eigenvalue weighted by Crippen LogP contribution is 2.34. The summed E-state index contributed by atoms with van der Waals surface area (Å²) in [6, 6.07) is 13.1. The maximum atomic E-state index is 13.3. The van der Waals surface area contributed by atoms with Crippen LogP contribution in [0.4, 0.5) is 5.13 Å². The Bertz CT molecular complexity index is 1190. The number of hydrogen-bond donors (Lipinski definition) is 0. The molecule has 4 rings (SSSR count). The Balaban J connectivity index is 1.42. The van der Waals surface area contributed by atoms with E-state index in [1.54, 1.807) is 36.6 Å². The lowest BCUT2D eigenvalue weighted by molar-refractivity contribution is 0.401. The van der Waals surface area contributed by atoms with Crippen LogP contribution in [0.5, 0.6) is 11.5 Å². The zero-order valence-corrected chi connectivity index (χ0v) is 21.2. The van der Waals surface area contributed by atoms with Gasteiger partial charge in [-0.15, -0.1) is 11.3 Å². The van der Waals surface area contributed by atoms with Gasteiger partial charge in [-0.25, -0.2) is 13.4 Å². The number of methoxy groups -OCH3 is 2. The van der Waals surface area contributed by atoms with Crippen LogP contribution in [0.3, 0.4) is 0 Å². The summed E-state index contributed by atoms with van der Waals surface area (Å²) in [7, 11) is -0.326. The molecule has 2 aromatic carbocycles. The molecule has 0 N–H and O–H groups in total. The van der Waals surface area contributed by atoms with Crippen molar-refractivity contribution in [1.82, 2.24) is 4.98 Å². The average molecular weight is 538 g/mol. The molecule has 0 atom stereocenters. The van der Waals surface area contributed by atoms with Gasteiger partial charge in [0.2, 0.25) is 0 Å². The van der Waals surface area contributed by atoms with Crippen molar-refractivity contribution >= 4 is 42.2 Å². The van der Waals surface area contributed by atoms with Gasteiger partial charge in [-0.05, 0) is 48.7 Å². The van der Waals surface area contributed by atoms with Crippen LogP contribution in [0.25, 0.3) is 0 Å². The molecule has 32 heavy (non-hydrogen) atoms. The number of aromatic nitrogens is 1. The van der Waals surface area contributed by atoms with E-state index in [2.05, 4.69) is 32.3 Å². The van der Waals surface area contributed by atoms with E-state index in [4.69, 9.17) is 14.5 Å². The normalized spacial score (nSPS) is 15.0. The number of anilines is 1. The molecule has 0 aliphatic carbocycles.